The summed E-state index contributed by atoms with van der Waals surface area (Å²) in [6, 6.07) is 15.2. The van der Waals surface area contributed by atoms with Crippen molar-refractivity contribution < 1.29 is 14.5 Å². The molecule has 2 rings (SSSR count). The van der Waals surface area contributed by atoms with Crippen LogP contribution in [-0.2, 0) is 4.79 Å². The number of anilines is 1. The summed E-state index contributed by atoms with van der Waals surface area (Å²) in [7, 11) is 1.84. The van der Waals surface area contributed by atoms with Gasteiger partial charge < -0.3 is 10.1 Å². The van der Waals surface area contributed by atoms with Crippen molar-refractivity contribution in [3.8, 4) is 5.75 Å². The maximum absolute atomic E-state index is 12.4. The van der Waals surface area contributed by atoms with Gasteiger partial charge in [-0.15, -0.1) is 0 Å². The van der Waals surface area contributed by atoms with Gasteiger partial charge in [-0.25, -0.2) is 0 Å². The Hall–Kier alpha value is -2.93. The van der Waals surface area contributed by atoms with Crippen molar-refractivity contribution in [1.29, 1.82) is 0 Å². The third-order valence-electron chi connectivity index (χ3n) is 4.07. The minimum Gasteiger partial charge on any atom is -0.494 e. The number of nitrogens with one attached hydrogen (secondary N) is 1. The van der Waals surface area contributed by atoms with Crippen LogP contribution in [0.5, 0.6) is 5.75 Å². The van der Waals surface area contributed by atoms with Crippen molar-refractivity contribution in [1.82, 2.24) is 4.90 Å². The van der Waals surface area contributed by atoms with Gasteiger partial charge in [0.25, 0.3) is 5.69 Å². The summed E-state index contributed by atoms with van der Waals surface area (Å²) in [4.78, 5) is 24.8. The van der Waals surface area contributed by atoms with E-state index in [1.807, 2.05) is 42.3 Å². The van der Waals surface area contributed by atoms with Crippen LogP contribution < -0.4 is 10.1 Å². The molecule has 1 amide bonds. The van der Waals surface area contributed by atoms with Crippen molar-refractivity contribution in [2.75, 3.05) is 25.5 Å². The van der Waals surface area contributed by atoms with Gasteiger partial charge in [-0.3, -0.25) is 19.8 Å². The third kappa shape index (κ3) is 5.56. The molecule has 0 saturated heterocycles. The van der Waals surface area contributed by atoms with Gasteiger partial charge >= 0.3 is 0 Å². The number of carbonyl (C=O) groups is 1. The number of hydrogen-bond acceptors (Lipinski definition) is 5. The van der Waals surface area contributed by atoms with Crippen LogP contribution >= 0.6 is 0 Å². The molecule has 138 valence electrons. The van der Waals surface area contributed by atoms with Gasteiger partial charge in [0.2, 0.25) is 5.91 Å². The smallest absolute Gasteiger partial charge is 0.292 e. The Balaban J connectivity index is 1.81. The molecule has 7 nitrogen and oxygen atoms in total. The van der Waals surface area contributed by atoms with Crippen molar-refractivity contribution in [2.24, 2.45) is 0 Å². The van der Waals surface area contributed by atoms with Gasteiger partial charge in [-0.2, -0.15) is 0 Å². The van der Waals surface area contributed by atoms with Gasteiger partial charge in [-0.1, -0.05) is 30.3 Å². The second kappa shape index (κ2) is 9.53. The lowest BCUT2D eigenvalue weighted by atomic mass is 10.2. The predicted octanol–water partition coefficient (Wildman–Crippen LogP) is 3.32. The Kier molecular flexibility index (Phi) is 7.11. The van der Waals surface area contributed by atoms with Crippen molar-refractivity contribution >= 4 is 17.3 Å². The average Bonchev–Trinajstić information content (AvgIpc) is 2.65. The Morgan fingerprint density at radius 2 is 1.85 bits per heavy atom. The summed E-state index contributed by atoms with van der Waals surface area (Å²) in [5.74, 6) is 0.531. The summed E-state index contributed by atoms with van der Waals surface area (Å²) < 4.78 is 5.63. The van der Waals surface area contributed by atoms with Crippen LogP contribution in [0, 0.1) is 10.1 Å². The van der Waals surface area contributed by atoms with E-state index in [-0.39, 0.29) is 17.3 Å². The SMILES string of the molecule is CC(C(=O)Nc1ccccc1[N+](=O)[O-])N(C)CCCOc1ccccc1. The number of ether oxygens (including phenoxy) is 1. The fourth-order valence-corrected chi connectivity index (χ4v) is 2.39. The quantitative estimate of drug-likeness (QED) is 0.423. The first-order valence-electron chi connectivity index (χ1n) is 8.41. The van der Waals surface area contributed by atoms with Crippen LogP contribution in [0.1, 0.15) is 13.3 Å². The highest BCUT2D eigenvalue weighted by Crippen LogP contribution is 2.23. The molecular formula is C19H23N3O4. The van der Waals surface area contributed by atoms with E-state index in [4.69, 9.17) is 4.74 Å². The largest absolute Gasteiger partial charge is 0.494 e. The van der Waals surface area contributed by atoms with E-state index < -0.39 is 11.0 Å². The van der Waals surface area contributed by atoms with Gasteiger partial charge in [0, 0.05) is 12.6 Å². The van der Waals surface area contributed by atoms with Crippen LogP contribution in [0.2, 0.25) is 0 Å². The average molecular weight is 357 g/mol. The predicted molar refractivity (Wildman–Crippen MR) is 100 cm³/mol. The number of nitrogens with zero attached hydrogens (tertiary/aromatic N) is 2. The molecule has 0 aliphatic carbocycles. The zero-order valence-electron chi connectivity index (χ0n) is 14.9. The lowest BCUT2D eigenvalue weighted by Crippen LogP contribution is -2.40. The number of rotatable bonds is 9. The topological polar surface area (TPSA) is 84.7 Å². The molecule has 26 heavy (non-hydrogen) atoms. The number of nitro groups is 1. The number of benzene rings is 2. The third-order valence-corrected chi connectivity index (χ3v) is 4.07. The van der Waals surface area contributed by atoms with E-state index >= 15 is 0 Å². The lowest BCUT2D eigenvalue weighted by molar-refractivity contribution is -0.383. The van der Waals surface area contributed by atoms with E-state index in [2.05, 4.69) is 5.32 Å². The van der Waals surface area contributed by atoms with E-state index in [9.17, 15) is 14.9 Å². The second-order valence-electron chi connectivity index (χ2n) is 5.94. The minimum absolute atomic E-state index is 0.119. The molecule has 0 spiro atoms. The molecule has 0 fully saturated rings. The molecule has 0 saturated carbocycles. The van der Waals surface area contributed by atoms with Crippen LogP contribution in [0.15, 0.2) is 54.6 Å². The molecule has 1 unspecified atom stereocenters. The Bertz CT molecular complexity index is 737. The number of para-hydroxylation sites is 3. The zero-order valence-corrected chi connectivity index (χ0v) is 14.9. The summed E-state index contributed by atoms with van der Waals surface area (Å²) in [6.45, 7) is 2.98. The van der Waals surface area contributed by atoms with Crippen molar-refractivity contribution in [3.63, 3.8) is 0 Å². The Morgan fingerprint density at radius 3 is 2.54 bits per heavy atom. The number of nitro benzene ring substituents is 1. The van der Waals surface area contributed by atoms with Crippen LogP contribution in [0.3, 0.4) is 0 Å². The first-order chi connectivity index (χ1) is 12.5. The number of hydrogen-bond donors (Lipinski definition) is 1. The monoisotopic (exact) mass is 357 g/mol. The van der Waals surface area contributed by atoms with Crippen LogP contribution in [0.4, 0.5) is 11.4 Å². The molecule has 2 aromatic rings. The summed E-state index contributed by atoms with van der Waals surface area (Å²) in [6.07, 6.45) is 0.758. The molecule has 1 N–H and O–H groups in total. The lowest BCUT2D eigenvalue weighted by Gasteiger charge is -2.23. The summed E-state index contributed by atoms with van der Waals surface area (Å²) in [5, 5.41) is 13.7. The van der Waals surface area contributed by atoms with Crippen LogP contribution in [0.25, 0.3) is 0 Å². The van der Waals surface area contributed by atoms with E-state index in [0.717, 1.165) is 12.2 Å². The van der Waals surface area contributed by atoms with E-state index in [1.54, 1.807) is 19.1 Å². The maximum atomic E-state index is 12.4. The van der Waals surface area contributed by atoms with Crippen LogP contribution in [-0.4, -0.2) is 42.0 Å². The Labute approximate surface area is 152 Å². The summed E-state index contributed by atoms with van der Waals surface area (Å²) >= 11 is 0. The Morgan fingerprint density at radius 1 is 1.19 bits per heavy atom. The minimum atomic E-state index is -0.509. The molecule has 0 radical (unpaired) electrons. The standard InChI is InChI=1S/C19H23N3O4/c1-15(19(23)20-17-11-6-7-12-18(17)22(24)25)21(2)13-8-14-26-16-9-4-3-5-10-16/h3-7,9-12,15H,8,13-14H2,1-2H3,(H,20,23). The first kappa shape index (κ1) is 19.4. The van der Waals surface area contributed by atoms with Crippen molar-refractivity contribution in [2.45, 2.75) is 19.4 Å². The zero-order chi connectivity index (χ0) is 18.9. The van der Waals surface area contributed by atoms with Gasteiger partial charge in [0.1, 0.15) is 11.4 Å². The second-order valence-corrected chi connectivity index (χ2v) is 5.94. The highest BCUT2D eigenvalue weighted by Gasteiger charge is 2.21. The number of carbonyl (C=O) groups excluding carboxylic acids is 1. The highest BCUT2D eigenvalue weighted by molar-refractivity contribution is 5.96. The fourth-order valence-electron chi connectivity index (χ4n) is 2.39. The normalized spacial score (nSPS) is 11.8. The molecule has 7 heteroatoms. The van der Waals surface area contributed by atoms with E-state index in [0.29, 0.717) is 13.2 Å². The number of likely N-dealkylation sites (N-methyl/N-ethyl adjacent to an activating group) is 1. The number of amides is 1. The molecule has 0 aromatic heterocycles. The first-order valence-corrected chi connectivity index (χ1v) is 8.41. The van der Waals surface area contributed by atoms with Crippen molar-refractivity contribution in [3.05, 3.63) is 64.7 Å². The summed E-state index contributed by atoms with van der Waals surface area (Å²) in [5.41, 5.74) is 0.0853. The molecule has 0 aliphatic rings. The maximum Gasteiger partial charge on any atom is 0.292 e. The highest BCUT2D eigenvalue weighted by atomic mass is 16.6. The molecule has 0 heterocycles. The molecular weight excluding hydrogens is 334 g/mol. The van der Waals surface area contributed by atoms with Gasteiger partial charge in [0.15, 0.2) is 0 Å². The fraction of sp³-hybridized carbons (Fsp3) is 0.316. The molecule has 2 aromatic carbocycles. The molecule has 0 aliphatic heterocycles. The van der Waals surface area contributed by atoms with E-state index in [1.165, 1.54) is 12.1 Å². The molecule has 0 bridgehead atoms. The molecule has 1 atom stereocenters. The van der Waals surface area contributed by atoms with Gasteiger partial charge in [0.05, 0.1) is 17.6 Å². The van der Waals surface area contributed by atoms with Gasteiger partial charge in [-0.05, 0) is 38.6 Å².